The summed E-state index contributed by atoms with van der Waals surface area (Å²) in [6, 6.07) is 3.95. The van der Waals surface area contributed by atoms with Crippen LogP contribution in [-0.2, 0) is 6.54 Å². The first-order valence-electron chi connectivity index (χ1n) is 9.67. The molecule has 0 aromatic carbocycles. The van der Waals surface area contributed by atoms with E-state index in [2.05, 4.69) is 23.7 Å². The first-order valence-corrected chi connectivity index (χ1v) is 9.67. The van der Waals surface area contributed by atoms with Gasteiger partial charge in [-0.2, -0.15) is 0 Å². The minimum atomic E-state index is 0.0427. The van der Waals surface area contributed by atoms with Crippen molar-refractivity contribution in [2.75, 3.05) is 13.1 Å². The van der Waals surface area contributed by atoms with Crippen LogP contribution in [0.3, 0.4) is 0 Å². The Kier molecular flexibility index (Phi) is 5.52. The summed E-state index contributed by atoms with van der Waals surface area (Å²) in [5, 5.41) is 0.624. The van der Waals surface area contributed by atoms with Crippen LogP contribution in [0.15, 0.2) is 16.9 Å². The monoisotopic (exact) mass is 342 g/mol. The molecule has 0 radical (unpaired) electrons. The Bertz CT molecular complexity index is 798. The maximum Gasteiger partial charge on any atom is 0.263 e. The summed E-state index contributed by atoms with van der Waals surface area (Å²) in [5.74, 6) is 1.60. The van der Waals surface area contributed by atoms with E-state index >= 15 is 0 Å². The highest BCUT2D eigenvalue weighted by Gasteiger charge is 2.28. The Hall–Kier alpha value is -1.75. The predicted octanol–water partition coefficient (Wildman–Crippen LogP) is 3.69. The molecule has 2 atom stereocenters. The van der Waals surface area contributed by atoms with Crippen molar-refractivity contribution in [1.82, 2.24) is 19.4 Å². The number of hydrogen-bond donors (Lipinski definition) is 0. The number of hydrogen-bond acceptors (Lipinski definition) is 4. The zero-order chi connectivity index (χ0) is 18.0. The van der Waals surface area contributed by atoms with Gasteiger partial charge in [0.15, 0.2) is 5.65 Å². The van der Waals surface area contributed by atoms with Gasteiger partial charge in [-0.25, -0.2) is 9.97 Å². The zero-order valence-corrected chi connectivity index (χ0v) is 16.0. The van der Waals surface area contributed by atoms with Crippen LogP contribution in [0.1, 0.15) is 64.0 Å². The molecule has 1 saturated heterocycles. The molecule has 1 aliphatic heterocycles. The quantitative estimate of drug-likeness (QED) is 0.831. The molecule has 5 heteroatoms. The number of piperidine rings is 1. The second-order valence-corrected chi connectivity index (χ2v) is 7.39. The van der Waals surface area contributed by atoms with Crippen molar-refractivity contribution in [3.8, 4) is 0 Å². The number of aryl methyl sites for hydroxylation is 1. The Balaban J connectivity index is 2.14. The molecule has 2 aromatic rings. The van der Waals surface area contributed by atoms with E-state index in [0.717, 1.165) is 37.4 Å². The Morgan fingerprint density at radius 1 is 1.28 bits per heavy atom. The summed E-state index contributed by atoms with van der Waals surface area (Å²) in [6.07, 6.45) is 4.62. The van der Waals surface area contributed by atoms with Gasteiger partial charge in [-0.15, -0.1) is 0 Å². The van der Waals surface area contributed by atoms with Crippen molar-refractivity contribution in [1.29, 1.82) is 0 Å². The van der Waals surface area contributed by atoms with Crippen molar-refractivity contribution in [3.05, 3.63) is 34.0 Å². The van der Waals surface area contributed by atoms with E-state index in [0.29, 0.717) is 23.5 Å². The Morgan fingerprint density at radius 2 is 2.08 bits per heavy atom. The average Bonchev–Trinajstić information content (AvgIpc) is 2.59. The Morgan fingerprint density at radius 3 is 2.76 bits per heavy atom. The molecule has 1 aliphatic rings. The predicted molar refractivity (Wildman–Crippen MR) is 102 cm³/mol. The lowest BCUT2D eigenvalue weighted by Crippen LogP contribution is -2.40. The summed E-state index contributed by atoms with van der Waals surface area (Å²) in [5.41, 5.74) is 1.54. The maximum atomic E-state index is 13.0. The third-order valence-corrected chi connectivity index (χ3v) is 5.29. The minimum Gasteiger partial charge on any atom is -0.295 e. The lowest BCUT2D eigenvalue weighted by atomic mass is 9.97. The highest BCUT2D eigenvalue weighted by molar-refractivity contribution is 5.73. The molecule has 5 nitrogen and oxygen atoms in total. The van der Waals surface area contributed by atoms with Crippen molar-refractivity contribution in [2.24, 2.45) is 5.92 Å². The first kappa shape index (κ1) is 18.1. The molecule has 2 aromatic heterocycles. The molecule has 0 N–H and O–H groups in total. The third kappa shape index (κ3) is 3.61. The molecule has 1 fully saturated rings. The molecule has 0 saturated carbocycles. The molecule has 136 valence electrons. The van der Waals surface area contributed by atoms with E-state index in [9.17, 15) is 4.79 Å². The molecule has 0 amide bonds. The van der Waals surface area contributed by atoms with Crippen LogP contribution in [0.25, 0.3) is 11.0 Å². The largest absolute Gasteiger partial charge is 0.295 e. The van der Waals surface area contributed by atoms with E-state index in [4.69, 9.17) is 4.98 Å². The fourth-order valence-corrected chi connectivity index (χ4v) is 4.03. The number of nitrogens with zero attached hydrogens (tertiary/aromatic N) is 4. The summed E-state index contributed by atoms with van der Waals surface area (Å²) in [7, 11) is 0. The van der Waals surface area contributed by atoms with E-state index in [1.807, 2.05) is 30.5 Å². The topological polar surface area (TPSA) is 51.0 Å². The van der Waals surface area contributed by atoms with Crippen molar-refractivity contribution < 1.29 is 0 Å². The van der Waals surface area contributed by atoms with Crippen LogP contribution in [0.4, 0.5) is 0 Å². The molecule has 3 heterocycles. The molecule has 0 unspecified atom stereocenters. The van der Waals surface area contributed by atoms with Crippen LogP contribution in [-0.4, -0.2) is 32.5 Å². The Labute approximate surface area is 150 Å². The van der Waals surface area contributed by atoms with E-state index in [1.165, 1.54) is 12.8 Å². The summed E-state index contributed by atoms with van der Waals surface area (Å²) in [4.78, 5) is 25.0. The van der Waals surface area contributed by atoms with Crippen molar-refractivity contribution in [3.63, 3.8) is 0 Å². The van der Waals surface area contributed by atoms with Gasteiger partial charge in [-0.05, 0) is 57.7 Å². The van der Waals surface area contributed by atoms with Crippen molar-refractivity contribution in [2.45, 2.75) is 66.0 Å². The van der Waals surface area contributed by atoms with Gasteiger partial charge in [0.2, 0.25) is 0 Å². The van der Waals surface area contributed by atoms with Crippen LogP contribution in [0.5, 0.6) is 0 Å². The van der Waals surface area contributed by atoms with Gasteiger partial charge in [-0.3, -0.25) is 14.3 Å². The van der Waals surface area contributed by atoms with E-state index < -0.39 is 0 Å². The van der Waals surface area contributed by atoms with Gasteiger partial charge >= 0.3 is 0 Å². The minimum absolute atomic E-state index is 0.0427. The first-order chi connectivity index (χ1) is 12.0. The lowest BCUT2D eigenvalue weighted by molar-refractivity contribution is 0.114. The lowest BCUT2D eigenvalue weighted by Gasteiger charge is -2.37. The average molecular weight is 342 g/mol. The smallest absolute Gasteiger partial charge is 0.263 e. The number of fused-ring (bicyclic) bond motifs is 1. The maximum absolute atomic E-state index is 13.0. The van der Waals surface area contributed by atoms with Crippen LogP contribution in [0.2, 0.25) is 0 Å². The van der Waals surface area contributed by atoms with Crippen LogP contribution >= 0.6 is 0 Å². The fraction of sp³-hybridized carbons (Fsp3) is 0.650. The van der Waals surface area contributed by atoms with Gasteiger partial charge < -0.3 is 0 Å². The number of aromatic nitrogens is 3. The summed E-state index contributed by atoms with van der Waals surface area (Å²) < 4.78 is 1.86. The number of rotatable bonds is 5. The van der Waals surface area contributed by atoms with E-state index in [1.54, 1.807) is 0 Å². The van der Waals surface area contributed by atoms with Gasteiger partial charge in [-0.1, -0.05) is 20.3 Å². The van der Waals surface area contributed by atoms with Gasteiger partial charge in [0, 0.05) is 18.8 Å². The summed E-state index contributed by atoms with van der Waals surface area (Å²) >= 11 is 0. The molecule has 0 spiro atoms. The second kappa shape index (κ2) is 7.65. The highest BCUT2D eigenvalue weighted by Crippen LogP contribution is 2.29. The standard InChI is InChI=1S/C20H30N4O/c1-5-8-17(23-12-7-9-14(3)13-23)19-22-18-16(11-10-15(4)21-18)20(25)24(19)6-2/h10-11,14,17H,5-9,12-13H2,1-4H3/t14-,17-/m1/s1. The zero-order valence-electron chi connectivity index (χ0n) is 16.0. The van der Waals surface area contributed by atoms with Gasteiger partial charge in [0.05, 0.1) is 11.4 Å². The molecular weight excluding hydrogens is 312 g/mol. The van der Waals surface area contributed by atoms with Gasteiger partial charge in [0.1, 0.15) is 5.82 Å². The molecule has 0 bridgehead atoms. The normalized spacial score (nSPS) is 20.1. The van der Waals surface area contributed by atoms with Gasteiger partial charge in [0.25, 0.3) is 5.56 Å². The second-order valence-electron chi connectivity index (χ2n) is 7.39. The highest BCUT2D eigenvalue weighted by atomic mass is 16.1. The SMILES string of the molecule is CCC[C@H](c1nc2nc(C)ccc2c(=O)n1CC)N1CCC[C@@H](C)C1. The molecular formula is C20H30N4O. The molecule has 25 heavy (non-hydrogen) atoms. The fourth-order valence-electron chi connectivity index (χ4n) is 4.03. The third-order valence-electron chi connectivity index (χ3n) is 5.29. The molecule has 3 rings (SSSR count). The van der Waals surface area contributed by atoms with Crippen molar-refractivity contribution >= 4 is 11.0 Å². The number of likely N-dealkylation sites (tertiary alicyclic amines) is 1. The summed E-state index contributed by atoms with van der Waals surface area (Å²) in [6.45, 7) is 11.3. The molecule has 0 aliphatic carbocycles. The van der Waals surface area contributed by atoms with E-state index in [-0.39, 0.29) is 11.6 Å². The van der Waals surface area contributed by atoms with Crippen LogP contribution < -0.4 is 5.56 Å². The number of pyridine rings is 1. The van der Waals surface area contributed by atoms with Crippen LogP contribution in [0, 0.1) is 12.8 Å².